The minimum absolute atomic E-state index is 0.156. The van der Waals surface area contributed by atoms with Crippen molar-refractivity contribution in [3.8, 4) is 0 Å². The molecular formula is C24H22N6OS. The maximum absolute atomic E-state index is 12.3. The highest BCUT2D eigenvalue weighted by atomic mass is 32.1. The van der Waals surface area contributed by atoms with Gasteiger partial charge in [0.1, 0.15) is 6.33 Å². The van der Waals surface area contributed by atoms with E-state index in [4.69, 9.17) is 0 Å². The van der Waals surface area contributed by atoms with Crippen molar-refractivity contribution in [2.24, 2.45) is 4.99 Å². The van der Waals surface area contributed by atoms with E-state index < -0.39 is 0 Å². The molecule has 1 aromatic carbocycles. The van der Waals surface area contributed by atoms with Gasteiger partial charge in [-0.2, -0.15) is 0 Å². The molecule has 3 N–H and O–H groups in total. The van der Waals surface area contributed by atoms with Gasteiger partial charge in [-0.25, -0.2) is 15.0 Å². The summed E-state index contributed by atoms with van der Waals surface area (Å²) in [5.74, 6) is 1.14. The highest BCUT2D eigenvalue weighted by Crippen LogP contribution is 2.38. The lowest BCUT2D eigenvalue weighted by molar-refractivity contribution is 0.0965. The van der Waals surface area contributed by atoms with Crippen LogP contribution in [0, 0.1) is 0 Å². The van der Waals surface area contributed by atoms with Gasteiger partial charge in [0.05, 0.1) is 22.5 Å². The van der Waals surface area contributed by atoms with Gasteiger partial charge in [0.2, 0.25) is 5.96 Å². The lowest BCUT2D eigenvalue weighted by Crippen LogP contribution is -2.35. The fraction of sp³-hybridized carbons (Fsp3) is 0.167. The van der Waals surface area contributed by atoms with Gasteiger partial charge >= 0.3 is 0 Å². The van der Waals surface area contributed by atoms with Crippen LogP contribution >= 0.6 is 11.3 Å². The lowest BCUT2D eigenvalue weighted by atomic mass is 10.1. The number of aliphatic imine (C=N–C) groups is 1. The molecule has 32 heavy (non-hydrogen) atoms. The zero-order valence-electron chi connectivity index (χ0n) is 17.6. The average Bonchev–Trinajstić information content (AvgIpc) is 3.57. The quantitative estimate of drug-likeness (QED) is 0.497. The Morgan fingerprint density at radius 2 is 2.09 bits per heavy atom. The van der Waals surface area contributed by atoms with Crippen molar-refractivity contribution < 1.29 is 4.79 Å². The monoisotopic (exact) mass is 442 g/mol. The summed E-state index contributed by atoms with van der Waals surface area (Å²) in [6.45, 7) is 2.38. The summed E-state index contributed by atoms with van der Waals surface area (Å²) < 4.78 is 1.01. The molecule has 2 aliphatic rings. The molecular weight excluding hydrogens is 420 g/mol. The molecule has 0 saturated heterocycles. The van der Waals surface area contributed by atoms with Crippen LogP contribution in [-0.4, -0.2) is 28.4 Å². The molecule has 0 saturated carbocycles. The highest BCUT2D eigenvalue weighted by Gasteiger charge is 2.19. The van der Waals surface area contributed by atoms with Gasteiger partial charge in [-0.3, -0.25) is 4.79 Å². The standard InChI is InChI=1S/C24H22N6OS/c1-2-6-18-19(11-15-9-10-15)32-21-20(18)27-14-28-22(21)30-24-25-12-17(13-26-24)29-23(31)16-7-4-3-5-8-16/h2-9,12,14H,10-11,13H2,1H3,(H,29,31)(H2,25,26,27,28,30)/b6-2-. The summed E-state index contributed by atoms with van der Waals surface area (Å²) in [4.78, 5) is 27.1. The number of benzene rings is 1. The second-order valence-corrected chi connectivity index (χ2v) is 8.61. The first-order valence-electron chi connectivity index (χ1n) is 10.4. The number of anilines is 1. The molecule has 3 heterocycles. The number of hydrogen-bond donors (Lipinski definition) is 3. The van der Waals surface area contributed by atoms with Crippen molar-refractivity contribution >= 4 is 45.3 Å². The number of rotatable bonds is 6. The van der Waals surface area contributed by atoms with Crippen LogP contribution in [0.4, 0.5) is 5.82 Å². The third-order valence-electron chi connectivity index (χ3n) is 5.14. The molecule has 2 aromatic heterocycles. The minimum atomic E-state index is -0.156. The Hall–Kier alpha value is -3.78. The molecule has 3 aromatic rings. The molecule has 160 valence electrons. The fourth-order valence-electron chi connectivity index (χ4n) is 3.44. The number of hydrogen-bond acceptors (Lipinski definition) is 7. The third-order valence-corrected chi connectivity index (χ3v) is 6.34. The Kier molecular flexibility index (Phi) is 5.51. The number of guanidine groups is 1. The van der Waals surface area contributed by atoms with Crippen molar-refractivity contribution in [2.75, 3.05) is 11.9 Å². The van der Waals surface area contributed by atoms with Crippen LogP contribution in [-0.2, 0) is 6.42 Å². The molecule has 5 rings (SSSR count). The molecule has 0 unspecified atom stereocenters. The highest BCUT2D eigenvalue weighted by molar-refractivity contribution is 7.20. The molecule has 0 atom stereocenters. The molecule has 1 aliphatic carbocycles. The minimum Gasteiger partial charge on any atom is -0.331 e. The summed E-state index contributed by atoms with van der Waals surface area (Å²) in [7, 11) is 0. The van der Waals surface area contributed by atoms with Crippen molar-refractivity contribution in [1.29, 1.82) is 0 Å². The van der Waals surface area contributed by atoms with E-state index in [1.165, 1.54) is 10.5 Å². The van der Waals surface area contributed by atoms with E-state index in [0.29, 0.717) is 23.8 Å². The van der Waals surface area contributed by atoms with Crippen molar-refractivity contribution in [3.05, 3.63) is 82.3 Å². The Morgan fingerprint density at radius 1 is 1.25 bits per heavy atom. The van der Waals surface area contributed by atoms with Gasteiger partial charge in [-0.05, 0) is 25.5 Å². The van der Waals surface area contributed by atoms with E-state index in [-0.39, 0.29) is 5.91 Å². The van der Waals surface area contributed by atoms with Gasteiger partial charge in [0, 0.05) is 28.6 Å². The Bertz CT molecular complexity index is 1300. The van der Waals surface area contributed by atoms with Crippen LogP contribution in [0.25, 0.3) is 16.3 Å². The molecule has 0 bridgehead atoms. The van der Waals surface area contributed by atoms with E-state index in [0.717, 1.165) is 34.4 Å². The van der Waals surface area contributed by atoms with Crippen LogP contribution in [0.2, 0.25) is 0 Å². The SMILES string of the molecule is C/C=C\c1c(CC2=CC2)sc2c(NC3=NCC(NC(=O)c4ccccc4)=CN3)ncnc12. The molecule has 7 nitrogen and oxygen atoms in total. The summed E-state index contributed by atoms with van der Waals surface area (Å²) in [5.41, 5.74) is 4.89. The normalized spacial score (nSPS) is 15.1. The lowest BCUT2D eigenvalue weighted by Gasteiger charge is -2.16. The summed E-state index contributed by atoms with van der Waals surface area (Å²) >= 11 is 1.72. The van der Waals surface area contributed by atoms with Crippen LogP contribution in [0.3, 0.4) is 0 Å². The van der Waals surface area contributed by atoms with Crippen LogP contribution < -0.4 is 16.0 Å². The maximum Gasteiger partial charge on any atom is 0.255 e. The molecule has 8 heteroatoms. The smallest absolute Gasteiger partial charge is 0.255 e. The van der Waals surface area contributed by atoms with Gasteiger partial charge in [-0.15, -0.1) is 11.3 Å². The van der Waals surface area contributed by atoms with Gasteiger partial charge in [0.25, 0.3) is 5.91 Å². The van der Waals surface area contributed by atoms with Gasteiger partial charge in [-0.1, -0.05) is 42.0 Å². The number of thiophene rings is 1. The van der Waals surface area contributed by atoms with E-state index in [2.05, 4.69) is 43.1 Å². The summed E-state index contributed by atoms with van der Waals surface area (Å²) in [6.07, 6.45) is 11.8. The van der Waals surface area contributed by atoms with Crippen LogP contribution in [0.5, 0.6) is 0 Å². The third kappa shape index (κ3) is 4.31. The van der Waals surface area contributed by atoms with Gasteiger partial charge in [0.15, 0.2) is 5.82 Å². The number of nitrogens with zero attached hydrogens (tertiary/aromatic N) is 3. The largest absolute Gasteiger partial charge is 0.331 e. The van der Waals surface area contributed by atoms with Crippen molar-refractivity contribution in [1.82, 2.24) is 20.6 Å². The average molecular weight is 443 g/mol. The number of fused-ring (bicyclic) bond motifs is 1. The molecule has 0 fully saturated rings. The zero-order valence-corrected chi connectivity index (χ0v) is 18.4. The topological polar surface area (TPSA) is 91.3 Å². The molecule has 1 amide bonds. The van der Waals surface area contributed by atoms with E-state index in [9.17, 15) is 4.79 Å². The predicted molar refractivity (Wildman–Crippen MR) is 130 cm³/mol. The number of amides is 1. The summed E-state index contributed by atoms with van der Waals surface area (Å²) in [5, 5.41) is 9.28. The van der Waals surface area contributed by atoms with Crippen LogP contribution in [0.15, 0.2) is 71.3 Å². The number of carbonyl (C=O) groups excluding carboxylic acids is 1. The van der Waals surface area contributed by atoms with E-state index >= 15 is 0 Å². The second-order valence-electron chi connectivity index (χ2n) is 7.51. The Labute approximate surface area is 189 Å². The number of aromatic nitrogens is 2. The van der Waals surface area contributed by atoms with Crippen LogP contribution in [0.1, 0.15) is 34.1 Å². The molecule has 1 aliphatic heterocycles. The Balaban J connectivity index is 1.31. The Morgan fingerprint density at radius 3 is 2.81 bits per heavy atom. The number of carbonyl (C=O) groups is 1. The second kappa shape index (κ2) is 8.76. The maximum atomic E-state index is 12.3. The van der Waals surface area contributed by atoms with E-state index in [1.807, 2.05) is 31.2 Å². The fourth-order valence-corrected chi connectivity index (χ4v) is 4.67. The van der Waals surface area contributed by atoms with Crippen molar-refractivity contribution in [3.63, 3.8) is 0 Å². The van der Waals surface area contributed by atoms with Gasteiger partial charge < -0.3 is 16.0 Å². The first-order valence-corrected chi connectivity index (χ1v) is 11.2. The number of nitrogens with one attached hydrogen (secondary N) is 3. The molecule has 0 spiro atoms. The predicted octanol–water partition coefficient (Wildman–Crippen LogP) is 4.24. The molecule has 0 radical (unpaired) electrons. The van der Waals surface area contributed by atoms with E-state index in [1.54, 1.807) is 36.0 Å². The summed E-state index contributed by atoms with van der Waals surface area (Å²) in [6, 6.07) is 9.11. The van der Waals surface area contributed by atoms with Crippen molar-refractivity contribution in [2.45, 2.75) is 19.8 Å². The zero-order chi connectivity index (χ0) is 21.9. The first kappa shape index (κ1) is 20.1. The number of allylic oxidation sites excluding steroid dienone is 3. The first-order chi connectivity index (χ1) is 15.7.